The molecule has 1 aliphatic rings. The Balaban J connectivity index is 2.77. The highest BCUT2D eigenvalue weighted by Crippen LogP contribution is 2.59. The zero-order valence-corrected chi connectivity index (χ0v) is 10.5. The molecule has 3 nitrogen and oxygen atoms in total. The summed E-state index contributed by atoms with van der Waals surface area (Å²) < 4.78 is 4.67. The summed E-state index contributed by atoms with van der Waals surface area (Å²) in [4.78, 5) is 11.3. The lowest BCUT2D eigenvalue weighted by molar-refractivity contribution is -0.133. The highest BCUT2D eigenvalue weighted by Gasteiger charge is 2.61. The summed E-state index contributed by atoms with van der Waals surface area (Å²) in [6.45, 7) is 5.77. The van der Waals surface area contributed by atoms with Crippen LogP contribution in [0.15, 0.2) is 11.6 Å². The normalized spacial score (nSPS) is 29.2. The first-order chi connectivity index (χ1) is 6.45. The van der Waals surface area contributed by atoms with Gasteiger partial charge in [-0.25, -0.2) is 0 Å². The minimum absolute atomic E-state index is 0.0691. The smallest absolute Gasteiger partial charge is 0.319 e. The van der Waals surface area contributed by atoms with Crippen LogP contribution in [-0.2, 0) is 7.86 Å². The summed E-state index contributed by atoms with van der Waals surface area (Å²) in [7, 11) is 0. The van der Waals surface area contributed by atoms with E-state index in [1.807, 2.05) is 19.9 Å². The molecular formula is C10H12INO2. The van der Waals surface area contributed by atoms with E-state index in [2.05, 4.69) is 9.14 Å². The fourth-order valence-electron chi connectivity index (χ4n) is 1.79. The van der Waals surface area contributed by atoms with Gasteiger partial charge in [-0.1, -0.05) is 19.9 Å². The molecule has 0 aromatic heterocycles. The van der Waals surface area contributed by atoms with Crippen molar-refractivity contribution in [3.05, 3.63) is 11.6 Å². The van der Waals surface area contributed by atoms with E-state index in [9.17, 15) is 4.79 Å². The van der Waals surface area contributed by atoms with Gasteiger partial charge in [-0.2, -0.15) is 5.26 Å². The average Bonchev–Trinajstić information content (AvgIpc) is 2.67. The van der Waals surface area contributed by atoms with E-state index in [-0.39, 0.29) is 23.2 Å². The summed E-state index contributed by atoms with van der Waals surface area (Å²) in [5.41, 5.74) is 0.590. The number of rotatable bonds is 2. The van der Waals surface area contributed by atoms with Gasteiger partial charge in [0.05, 0.1) is 12.0 Å². The molecule has 2 unspecified atom stereocenters. The quantitative estimate of drug-likeness (QED) is 0.582. The van der Waals surface area contributed by atoms with E-state index in [0.717, 1.165) is 0 Å². The Bertz CT molecular complexity index is 328. The topological polar surface area (TPSA) is 50.1 Å². The Morgan fingerprint density at radius 1 is 1.64 bits per heavy atom. The van der Waals surface area contributed by atoms with Crippen molar-refractivity contribution in [2.24, 2.45) is 17.3 Å². The van der Waals surface area contributed by atoms with Crippen LogP contribution in [0, 0.1) is 28.6 Å². The van der Waals surface area contributed by atoms with Gasteiger partial charge in [0.2, 0.25) is 0 Å². The maximum absolute atomic E-state index is 11.3. The minimum Gasteiger partial charge on any atom is -0.394 e. The summed E-state index contributed by atoms with van der Waals surface area (Å²) in [5.74, 6) is -0.144. The van der Waals surface area contributed by atoms with Gasteiger partial charge < -0.3 is 3.07 Å². The van der Waals surface area contributed by atoms with Crippen LogP contribution < -0.4 is 0 Å². The van der Waals surface area contributed by atoms with E-state index >= 15 is 0 Å². The lowest BCUT2D eigenvalue weighted by Crippen LogP contribution is -2.04. The zero-order valence-electron chi connectivity index (χ0n) is 8.37. The Hall–Kier alpha value is -0.570. The molecular weight excluding hydrogens is 293 g/mol. The molecule has 0 spiro atoms. The van der Waals surface area contributed by atoms with Crippen LogP contribution >= 0.6 is 23.0 Å². The molecule has 1 rings (SSSR count). The largest absolute Gasteiger partial charge is 0.394 e. The van der Waals surface area contributed by atoms with Gasteiger partial charge in [-0.05, 0) is 18.3 Å². The van der Waals surface area contributed by atoms with Crippen LogP contribution in [0.3, 0.4) is 0 Å². The van der Waals surface area contributed by atoms with Gasteiger partial charge in [0.1, 0.15) is 0 Å². The zero-order chi connectivity index (χ0) is 10.9. The number of carbonyl (C=O) groups is 1. The van der Waals surface area contributed by atoms with Crippen molar-refractivity contribution in [3.63, 3.8) is 0 Å². The Morgan fingerprint density at radius 2 is 2.21 bits per heavy atom. The maximum Gasteiger partial charge on any atom is 0.319 e. The molecule has 0 N–H and O–H groups in total. The third kappa shape index (κ3) is 1.92. The van der Waals surface area contributed by atoms with E-state index in [0.29, 0.717) is 5.57 Å². The van der Waals surface area contributed by atoms with E-state index in [1.165, 1.54) is 0 Å². The van der Waals surface area contributed by atoms with Crippen molar-refractivity contribution in [2.45, 2.75) is 20.8 Å². The monoisotopic (exact) mass is 305 g/mol. The summed E-state index contributed by atoms with van der Waals surface area (Å²) in [6.07, 6.45) is 1.86. The van der Waals surface area contributed by atoms with Gasteiger partial charge in [-0.15, -0.1) is 0 Å². The van der Waals surface area contributed by atoms with Crippen molar-refractivity contribution in [3.8, 4) is 6.07 Å². The summed E-state index contributed by atoms with van der Waals surface area (Å²) in [5, 5.41) is 8.63. The van der Waals surface area contributed by atoms with Crippen LogP contribution in [0.4, 0.5) is 0 Å². The fraction of sp³-hybridized carbons (Fsp3) is 0.600. The molecule has 14 heavy (non-hydrogen) atoms. The van der Waals surface area contributed by atoms with Gasteiger partial charge in [0.25, 0.3) is 0 Å². The third-order valence-corrected chi connectivity index (χ3v) is 3.28. The lowest BCUT2D eigenvalue weighted by atomic mass is 10.1. The predicted octanol–water partition coefficient (Wildman–Crippen LogP) is 2.62. The number of nitriles is 1. The molecule has 0 aromatic carbocycles. The van der Waals surface area contributed by atoms with Crippen molar-refractivity contribution in [1.82, 2.24) is 0 Å². The molecule has 1 saturated carbocycles. The Labute approximate surface area is 97.8 Å². The van der Waals surface area contributed by atoms with Crippen LogP contribution in [0.25, 0.3) is 0 Å². The molecule has 76 valence electrons. The Morgan fingerprint density at radius 3 is 2.64 bits per heavy atom. The molecule has 1 fully saturated rings. The van der Waals surface area contributed by atoms with E-state index in [4.69, 9.17) is 5.26 Å². The number of halogens is 1. The number of hydrogen-bond donors (Lipinski definition) is 0. The molecule has 0 aromatic rings. The molecule has 4 heteroatoms. The highest BCUT2D eigenvalue weighted by atomic mass is 127. The van der Waals surface area contributed by atoms with Crippen molar-refractivity contribution in [2.75, 3.05) is 0 Å². The fourth-order valence-corrected chi connectivity index (χ4v) is 2.07. The lowest BCUT2D eigenvalue weighted by Gasteiger charge is -1.97. The molecule has 0 radical (unpaired) electrons. The second-order valence-electron chi connectivity index (χ2n) is 4.18. The number of allylic oxidation sites excluding steroid dienone is 2. The van der Waals surface area contributed by atoms with Crippen LogP contribution in [0.1, 0.15) is 20.8 Å². The number of carbonyl (C=O) groups excluding carboxylic acids is 1. The number of nitrogens with zero attached hydrogens (tertiary/aromatic N) is 1. The first kappa shape index (κ1) is 11.5. The first-order valence-electron chi connectivity index (χ1n) is 4.36. The second-order valence-corrected chi connectivity index (χ2v) is 4.62. The minimum atomic E-state index is -0.192. The molecule has 0 aliphatic heterocycles. The summed E-state index contributed by atoms with van der Waals surface area (Å²) >= 11 is 1.60. The van der Waals surface area contributed by atoms with Gasteiger partial charge in [0, 0.05) is 5.57 Å². The van der Waals surface area contributed by atoms with Gasteiger partial charge >= 0.3 is 5.97 Å². The van der Waals surface area contributed by atoms with Gasteiger partial charge in [0.15, 0.2) is 23.0 Å². The number of hydrogen-bond acceptors (Lipinski definition) is 3. The highest BCUT2D eigenvalue weighted by molar-refractivity contribution is 14.1. The summed E-state index contributed by atoms with van der Waals surface area (Å²) in [6, 6.07) is 2.06. The molecule has 1 aliphatic carbocycles. The first-order valence-corrected chi connectivity index (χ1v) is 5.24. The Kier molecular flexibility index (Phi) is 3.20. The van der Waals surface area contributed by atoms with Crippen LogP contribution in [0.2, 0.25) is 0 Å². The SMILES string of the molecule is C/C(C#N)=C/C1C(C(=O)OI)C1(C)C. The van der Waals surface area contributed by atoms with E-state index in [1.54, 1.807) is 29.9 Å². The van der Waals surface area contributed by atoms with Gasteiger partial charge in [-0.3, -0.25) is 4.79 Å². The molecule has 0 amide bonds. The van der Waals surface area contributed by atoms with Crippen molar-refractivity contribution in [1.29, 1.82) is 5.26 Å². The van der Waals surface area contributed by atoms with Crippen LogP contribution in [-0.4, -0.2) is 5.97 Å². The standard InChI is InChI=1S/C10H12INO2/c1-6(5-12)4-7-8(9(13)14-11)10(7,2)3/h4,7-8H,1-3H3/b6-4-. The van der Waals surface area contributed by atoms with E-state index < -0.39 is 0 Å². The van der Waals surface area contributed by atoms with Crippen molar-refractivity contribution < 1.29 is 7.86 Å². The predicted molar refractivity (Wildman–Crippen MR) is 60.2 cm³/mol. The maximum atomic E-state index is 11.3. The molecule has 0 heterocycles. The molecule has 0 saturated heterocycles. The molecule has 2 atom stereocenters. The second kappa shape index (κ2) is 3.89. The molecule has 0 bridgehead atoms. The third-order valence-electron chi connectivity index (χ3n) is 2.85. The van der Waals surface area contributed by atoms with Crippen LogP contribution in [0.5, 0.6) is 0 Å². The average molecular weight is 305 g/mol. The van der Waals surface area contributed by atoms with Crippen molar-refractivity contribution >= 4 is 29.0 Å².